The third kappa shape index (κ3) is 2.40. The van der Waals surface area contributed by atoms with Gasteiger partial charge in [-0.05, 0) is 24.3 Å². The number of hydrogen-bond acceptors (Lipinski definition) is 4. The number of hydrogen-bond donors (Lipinski definition) is 2. The molecule has 1 aromatic heterocycles. The first-order valence-electron chi connectivity index (χ1n) is 4.92. The summed E-state index contributed by atoms with van der Waals surface area (Å²) in [6, 6.07) is 5.93. The summed E-state index contributed by atoms with van der Waals surface area (Å²) in [4.78, 5) is 11.6. The van der Waals surface area contributed by atoms with E-state index in [1.165, 1.54) is 18.2 Å². The Labute approximate surface area is 101 Å². The molecule has 0 unspecified atom stereocenters. The number of nitrogen functional groups attached to an aromatic ring is 1. The van der Waals surface area contributed by atoms with Gasteiger partial charge < -0.3 is 11.1 Å². The number of nitrogens with two attached hydrogens (primary N) is 1. The molecular formula is C11H8F2N4O. The van der Waals surface area contributed by atoms with Gasteiger partial charge in [0.05, 0.1) is 0 Å². The lowest BCUT2D eigenvalue weighted by atomic mass is 10.2. The average Bonchev–Trinajstić information content (AvgIpc) is 2.34. The maximum atomic E-state index is 13.3. The largest absolute Gasteiger partial charge is 0.382 e. The topological polar surface area (TPSA) is 80.9 Å². The van der Waals surface area contributed by atoms with Crippen molar-refractivity contribution in [3.63, 3.8) is 0 Å². The molecular weight excluding hydrogens is 242 g/mol. The first kappa shape index (κ1) is 11.9. The number of benzene rings is 1. The zero-order chi connectivity index (χ0) is 13.1. The second-order valence-corrected chi connectivity index (χ2v) is 3.39. The fourth-order valence-electron chi connectivity index (χ4n) is 1.26. The van der Waals surface area contributed by atoms with Crippen LogP contribution in [0.5, 0.6) is 0 Å². The van der Waals surface area contributed by atoms with Crippen molar-refractivity contribution in [1.29, 1.82) is 0 Å². The molecule has 0 saturated heterocycles. The zero-order valence-corrected chi connectivity index (χ0v) is 9.02. The summed E-state index contributed by atoms with van der Waals surface area (Å²) in [6.45, 7) is 0. The number of para-hydroxylation sites is 1. The summed E-state index contributed by atoms with van der Waals surface area (Å²) in [5.74, 6) is -2.37. The maximum Gasteiger partial charge on any atom is 0.276 e. The predicted octanol–water partition coefficient (Wildman–Crippen LogP) is 1.59. The molecule has 92 valence electrons. The Morgan fingerprint density at radius 3 is 2.33 bits per heavy atom. The van der Waals surface area contributed by atoms with Crippen molar-refractivity contribution in [2.45, 2.75) is 0 Å². The van der Waals surface area contributed by atoms with Gasteiger partial charge in [0, 0.05) is 0 Å². The van der Waals surface area contributed by atoms with E-state index in [1.807, 2.05) is 0 Å². The highest BCUT2D eigenvalue weighted by molar-refractivity contribution is 6.02. The first-order chi connectivity index (χ1) is 8.58. The van der Waals surface area contributed by atoms with Crippen LogP contribution in [0.3, 0.4) is 0 Å². The molecule has 0 aliphatic rings. The second kappa shape index (κ2) is 4.74. The van der Waals surface area contributed by atoms with E-state index in [0.717, 1.165) is 12.1 Å². The standard InChI is InChI=1S/C11H8F2N4O/c12-6-2-1-3-7(13)10(6)15-11(18)8-4-5-9(14)17-16-8/h1-5H,(H2,14,17)(H,15,18). The molecule has 1 amide bonds. The minimum atomic E-state index is -0.869. The molecule has 0 radical (unpaired) electrons. The third-order valence-electron chi connectivity index (χ3n) is 2.12. The molecule has 0 aliphatic carbocycles. The molecule has 1 aromatic carbocycles. The Kier molecular flexibility index (Phi) is 3.13. The lowest BCUT2D eigenvalue weighted by Crippen LogP contribution is -2.16. The SMILES string of the molecule is Nc1ccc(C(=O)Nc2c(F)cccc2F)nn1. The Morgan fingerprint density at radius 2 is 1.78 bits per heavy atom. The highest BCUT2D eigenvalue weighted by Crippen LogP contribution is 2.18. The van der Waals surface area contributed by atoms with Crippen LogP contribution in [0.15, 0.2) is 30.3 Å². The van der Waals surface area contributed by atoms with Gasteiger partial charge in [0.15, 0.2) is 5.69 Å². The van der Waals surface area contributed by atoms with E-state index in [1.54, 1.807) is 0 Å². The summed E-state index contributed by atoms with van der Waals surface area (Å²) in [7, 11) is 0. The average molecular weight is 250 g/mol. The number of halogens is 2. The molecule has 5 nitrogen and oxygen atoms in total. The normalized spacial score (nSPS) is 10.1. The number of anilines is 2. The summed E-state index contributed by atoms with van der Waals surface area (Å²) in [6.07, 6.45) is 0. The lowest BCUT2D eigenvalue weighted by molar-refractivity contribution is 0.102. The van der Waals surface area contributed by atoms with E-state index in [4.69, 9.17) is 5.73 Å². The van der Waals surface area contributed by atoms with Crippen LogP contribution in [0.1, 0.15) is 10.5 Å². The van der Waals surface area contributed by atoms with Crippen LogP contribution >= 0.6 is 0 Å². The monoisotopic (exact) mass is 250 g/mol. The second-order valence-electron chi connectivity index (χ2n) is 3.39. The van der Waals surface area contributed by atoms with E-state index in [9.17, 15) is 13.6 Å². The van der Waals surface area contributed by atoms with Gasteiger partial charge in [-0.3, -0.25) is 4.79 Å². The van der Waals surface area contributed by atoms with Gasteiger partial charge in [-0.25, -0.2) is 8.78 Å². The molecule has 0 saturated carbocycles. The van der Waals surface area contributed by atoms with E-state index in [0.29, 0.717) is 0 Å². The van der Waals surface area contributed by atoms with Crippen LogP contribution in [0.4, 0.5) is 20.3 Å². The Bertz CT molecular complexity index is 566. The molecule has 0 fully saturated rings. The van der Waals surface area contributed by atoms with Gasteiger partial charge in [0.2, 0.25) is 0 Å². The summed E-state index contributed by atoms with van der Waals surface area (Å²) in [5, 5.41) is 9.05. The molecule has 0 atom stereocenters. The number of nitrogens with one attached hydrogen (secondary N) is 1. The van der Waals surface area contributed by atoms with Crippen molar-refractivity contribution >= 4 is 17.4 Å². The highest BCUT2D eigenvalue weighted by Gasteiger charge is 2.14. The number of nitrogens with zero attached hydrogens (tertiary/aromatic N) is 2. The van der Waals surface area contributed by atoms with Crippen molar-refractivity contribution in [3.05, 3.63) is 47.7 Å². The molecule has 7 heteroatoms. The van der Waals surface area contributed by atoms with E-state index < -0.39 is 23.2 Å². The van der Waals surface area contributed by atoms with Crippen LogP contribution in [0.2, 0.25) is 0 Å². The molecule has 0 aliphatic heterocycles. The number of aromatic nitrogens is 2. The van der Waals surface area contributed by atoms with Crippen molar-refractivity contribution in [1.82, 2.24) is 10.2 Å². The molecule has 3 N–H and O–H groups in total. The molecule has 18 heavy (non-hydrogen) atoms. The number of carbonyl (C=O) groups is 1. The fourth-order valence-corrected chi connectivity index (χ4v) is 1.26. The van der Waals surface area contributed by atoms with Gasteiger partial charge in [-0.2, -0.15) is 0 Å². The predicted molar refractivity (Wildman–Crippen MR) is 60.8 cm³/mol. The summed E-state index contributed by atoms with van der Waals surface area (Å²) >= 11 is 0. The van der Waals surface area contributed by atoms with Crippen LogP contribution in [-0.2, 0) is 0 Å². The third-order valence-corrected chi connectivity index (χ3v) is 2.12. The van der Waals surface area contributed by atoms with Crippen molar-refractivity contribution in [2.24, 2.45) is 0 Å². The van der Waals surface area contributed by atoms with Crippen LogP contribution in [0, 0.1) is 11.6 Å². The van der Waals surface area contributed by atoms with Crippen LogP contribution < -0.4 is 11.1 Å². The molecule has 0 spiro atoms. The summed E-state index contributed by atoms with van der Waals surface area (Å²) in [5.41, 5.74) is 4.68. The zero-order valence-electron chi connectivity index (χ0n) is 9.02. The molecule has 2 rings (SSSR count). The van der Waals surface area contributed by atoms with Crippen LogP contribution in [0.25, 0.3) is 0 Å². The number of amides is 1. The molecule has 0 bridgehead atoms. The van der Waals surface area contributed by atoms with E-state index >= 15 is 0 Å². The first-order valence-corrected chi connectivity index (χ1v) is 4.92. The fraction of sp³-hybridized carbons (Fsp3) is 0. The molecule has 2 aromatic rings. The van der Waals surface area contributed by atoms with Gasteiger partial charge >= 0.3 is 0 Å². The Hall–Kier alpha value is -2.57. The van der Waals surface area contributed by atoms with Crippen molar-refractivity contribution in [3.8, 4) is 0 Å². The van der Waals surface area contributed by atoms with E-state index in [2.05, 4.69) is 15.5 Å². The van der Waals surface area contributed by atoms with E-state index in [-0.39, 0.29) is 11.5 Å². The van der Waals surface area contributed by atoms with Crippen molar-refractivity contribution in [2.75, 3.05) is 11.1 Å². The highest BCUT2D eigenvalue weighted by atomic mass is 19.1. The minimum Gasteiger partial charge on any atom is -0.382 e. The van der Waals surface area contributed by atoms with Crippen molar-refractivity contribution < 1.29 is 13.6 Å². The van der Waals surface area contributed by atoms with Gasteiger partial charge in [0.25, 0.3) is 5.91 Å². The Morgan fingerprint density at radius 1 is 1.11 bits per heavy atom. The maximum absolute atomic E-state index is 13.3. The lowest BCUT2D eigenvalue weighted by Gasteiger charge is -2.06. The van der Waals surface area contributed by atoms with Crippen LogP contribution in [-0.4, -0.2) is 16.1 Å². The number of rotatable bonds is 2. The quantitative estimate of drug-likeness (QED) is 0.848. The van der Waals surface area contributed by atoms with Gasteiger partial charge in [0.1, 0.15) is 23.1 Å². The molecule has 1 heterocycles. The smallest absolute Gasteiger partial charge is 0.276 e. The minimum absolute atomic E-state index is 0.0909. The van der Waals surface area contributed by atoms with Gasteiger partial charge in [-0.1, -0.05) is 6.07 Å². The number of carbonyl (C=O) groups excluding carboxylic acids is 1. The Balaban J connectivity index is 2.24. The van der Waals surface area contributed by atoms with Gasteiger partial charge in [-0.15, -0.1) is 10.2 Å². The summed E-state index contributed by atoms with van der Waals surface area (Å²) < 4.78 is 26.6.